The average molecular weight is 316 g/mol. The van der Waals surface area contributed by atoms with Crippen LogP contribution < -0.4 is 5.32 Å². The van der Waals surface area contributed by atoms with Crippen LogP contribution in [0.5, 0.6) is 0 Å². The highest BCUT2D eigenvalue weighted by Crippen LogP contribution is 2.22. The molecule has 1 N–H and O–H groups in total. The normalized spacial score (nSPS) is 12.3. The molecule has 1 aromatic carbocycles. The molecule has 0 saturated carbocycles. The standard InChI is InChI=1S/C12H11ClF5NO/c1-5(2-3-13)4-19-12(20)6-7(14)9(16)11(18)10(17)8(6)15/h5H,2-4H2,1H3,(H,19,20). The van der Waals surface area contributed by atoms with Crippen LogP contribution in [0.1, 0.15) is 23.7 Å². The van der Waals surface area contributed by atoms with Gasteiger partial charge in [-0.2, -0.15) is 0 Å². The van der Waals surface area contributed by atoms with Gasteiger partial charge in [0.2, 0.25) is 5.82 Å². The van der Waals surface area contributed by atoms with Crippen LogP contribution in [0.2, 0.25) is 0 Å². The zero-order valence-electron chi connectivity index (χ0n) is 10.4. The molecule has 1 amide bonds. The number of carbonyl (C=O) groups excluding carboxylic acids is 1. The van der Waals surface area contributed by atoms with E-state index in [9.17, 15) is 26.7 Å². The van der Waals surface area contributed by atoms with Gasteiger partial charge in [0, 0.05) is 12.4 Å². The van der Waals surface area contributed by atoms with Crippen LogP contribution in [0.15, 0.2) is 0 Å². The third kappa shape index (κ3) is 3.39. The summed E-state index contributed by atoms with van der Waals surface area (Å²) in [5.41, 5.74) is -1.49. The lowest BCUT2D eigenvalue weighted by Crippen LogP contribution is -2.31. The predicted octanol–water partition coefficient (Wildman–Crippen LogP) is 3.38. The van der Waals surface area contributed by atoms with Crippen LogP contribution in [0.25, 0.3) is 0 Å². The SMILES string of the molecule is CC(CCCl)CNC(=O)c1c(F)c(F)c(F)c(F)c1F. The highest BCUT2D eigenvalue weighted by molar-refractivity contribution is 6.17. The summed E-state index contributed by atoms with van der Waals surface area (Å²) in [6.07, 6.45) is 0.527. The molecular formula is C12H11ClF5NO. The number of hydrogen-bond acceptors (Lipinski definition) is 1. The van der Waals surface area contributed by atoms with Crippen LogP contribution in [-0.2, 0) is 0 Å². The van der Waals surface area contributed by atoms with E-state index in [2.05, 4.69) is 5.32 Å². The first-order chi connectivity index (χ1) is 9.31. The fourth-order valence-electron chi connectivity index (χ4n) is 1.45. The molecule has 0 fully saturated rings. The Labute approximate surface area is 116 Å². The van der Waals surface area contributed by atoms with Gasteiger partial charge in [0.15, 0.2) is 23.3 Å². The first kappa shape index (κ1) is 16.7. The van der Waals surface area contributed by atoms with Crippen molar-refractivity contribution in [3.63, 3.8) is 0 Å². The second-order valence-corrected chi connectivity index (χ2v) is 4.62. The van der Waals surface area contributed by atoms with E-state index in [-0.39, 0.29) is 12.5 Å². The van der Waals surface area contributed by atoms with E-state index in [4.69, 9.17) is 11.6 Å². The quantitative estimate of drug-likeness (QED) is 0.384. The van der Waals surface area contributed by atoms with Crippen molar-refractivity contribution in [3.05, 3.63) is 34.6 Å². The maximum atomic E-state index is 13.3. The molecule has 0 aromatic heterocycles. The Morgan fingerprint density at radius 3 is 1.95 bits per heavy atom. The Balaban J connectivity index is 3.00. The zero-order chi connectivity index (χ0) is 15.4. The van der Waals surface area contributed by atoms with Crippen molar-refractivity contribution in [2.24, 2.45) is 5.92 Å². The van der Waals surface area contributed by atoms with Crippen molar-refractivity contribution in [2.45, 2.75) is 13.3 Å². The van der Waals surface area contributed by atoms with Crippen LogP contribution >= 0.6 is 11.6 Å². The van der Waals surface area contributed by atoms with Crippen molar-refractivity contribution >= 4 is 17.5 Å². The third-order valence-corrected chi connectivity index (χ3v) is 2.87. The number of halogens is 6. The van der Waals surface area contributed by atoms with Gasteiger partial charge in [-0.05, 0) is 12.3 Å². The molecule has 2 nitrogen and oxygen atoms in total. The molecule has 112 valence electrons. The van der Waals surface area contributed by atoms with Crippen molar-refractivity contribution in [3.8, 4) is 0 Å². The van der Waals surface area contributed by atoms with Crippen molar-refractivity contribution in [2.75, 3.05) is 12.4 Å². The van der Waals surface area contributed by atoms with Gasteiger partial charge >= 0.3 is 0 Å². The summed E-state index contributed by atoms with van der Waals surface area (Å²) in [7, 11) is 0. The maximum Gasteiger partial charge on any atom is 0.257 e. The van der Waals surface area contributed by atoms with E-state index in [0.29, 0.717) is 12.3 Å². The van der Waals surface area contributed by atoms with Gasteiger partial charge in [0.1, 0.15) is 5.56 Å². The summed E-state index contributed by atoms with van der Waals surface area (Å²) in [5.74, 6) is -12.0. The first-order valence-electron chi connectivity index (χ1n) is 5.66. The second kappa shape index (κ2) is 6.88. The Morgan fingerprint density at radius 1 is 1.05 bits per heavy atom. The summed E-state index contributed by atoms with van der Waals surface area (Å²) in [6, 6.07) is 0. The summed E-state index contributed by atoms with van der Waals surface area (Å²) in [5, 5.41) is 2.11. The highest BCUT2D eigenvalue weighted by Gasteiger charge is 2.29. The van der Waals surface area contributed by atoms with E-state index in [1.165, 1.54) is 0 Å². The Morgan fingerprint density at radius 2 is 1.50 bits per heavy atom. The van der Waals surface area contributed by atoms with E-state index >= 15 is 0 Å². The average Bonchev–Trinajstić information content (AvgIpc) is 2.41. The number of nitrogens with one attached hydrogen (secondary N) is 1. The van der Waals surface area contributed by atoms with Crippen LogP contribution in [-0.4, -0.2) is 18.3 Å². The smallest absolute Gasteiger partial charge is 0.257 e. The third-order valence-electron chi connectivity index (χ3n) is 2.65. The summed E-state index contributed by atoms with van der Waals surface area (Å²) in [6.45, 7) is 1.71. The topological polar surface area (TPSA) is 29.1 Å². The highest BCUT2D eigenvalue weighted by atomic mass is 35.5. The Hall–Kier alpha value is -1.37. The Bertz CT molecular complexity index is 494. The number of rotatable bonds is 5. The van der Waals surface area contributed by atoms with Crippen LogP contribution in [0, 0.1) is 35.0 Å². The van der Waals surface area contributed by atoms with Crippen molar-refractivity contribution in [1.82, 2.24) is 5.32 Å². The van der Waals surface area contributed by atoms with E-state index < -0.39 is 40.6 Å². The second-order valence-electron chi connectivity index (χ2n) is 4.24. The fourth-order valence-corrected chi connectivity index (χ4v) is 1.82. The molecule has 0 aliphatic carbocycles. The number of carbonyl (C=O) groups is 1. The maximum absolute atomic E-state index is 13.3. The number of benzene rings is 1. The summed E-state index contributed by atoms with van der Waals surface area (Å²) >= 11 is 5.46. The van der Waals surface area contributed by atoms with Gasteiger partial charge in [0.05, 0.1) is 0 Å². The molecule has 0 bridgehead atoms. The van der Waals surface area contributed by atoms with E-state index in [0.717, 1.165) is 0 Å². The minimum Gasteiger partial charge on any atom is -0.352 e. The van der Waals surface area contributed by atoms with Gasteiger partial charge in [-0.25, -0.2) is 22.0 Å². The number of hydrogen-bond donors (Lipinski definition) is 1. The summed E-state index contributed by atoms with van der Waals surface area (Å²) in [4.78, 5) is 11.5. The van der Waals surface area contributed by atoms with Gasteiger partial charge in [0.25, 0.3) is 5.91 Å². The van der Waals surface area contributed by atoms with Crippen LogP contribution in [0.3, 0.4) is 0 Å². The molecule has 0 spiro atoms. The van der Waals surface area contributed by atoms with Gasteiger partial charge in [-0.15, -0.1) is 11.6 Å². The predicted molar refractivity (Wildman–Crippen MR) is 63.1 cm³/mol. The Kier molecular flexibility index (Phi) is 5.74. The molecule has 20 heavy (non-hydrogen) atoms. The van der Waals surface area contributed by atoms with Crippen molar-refractivity contribution < 1.29 is 26.7 Å². The largest absolute Gasteiger partial charge is 0.352 e. The van der Waals surface area contributed by atoms with E-state index in [1.54, 1.807) is 6.92 Å². The lowest BCUT2D eigenvalue weighted by molar-refractivity contribution is 0.0936. The van der Waals surface area contributed by atoms with Gasteiger partial charge in [-0.1, -0.05) is 6.92 Å². The molecule has 1 unspecified atom stereocenters. The fraction of sp³-hybridized carbons (Fsp3) is 0.417. The molecule has 1 rings (SSSR count). The molecular weight excluding hydrogens is 305 g/mol. The molecule has 1 aromatic rings. The minimum absolute atomic E-state index is 0.00501. The molecule has 1 atom stereocenters. The molecule has 0 aliphatic rings. The number of alkyl halides is 1. The number of amides is 1. The monoisotopic (exact) mass is 315 g/mol. The molecule has 0 saturated heterocycles. The van der Waals surface area contributed by atoms with E-state index in [1.807, 2.05) is 0 Å². The molecule has 0 heterocycles. The van der Waals surface area contributed by atoms with Crippen LogP contribution in [0.4, 0.5) is 22.0 Å². The zero-order valence-corrected chi connectivity index (χ0v) is 11.1. The molecule has 8 heteroatoms. The van der Waals surface area contributed by atoms with Gasteiger partial charge in [-0.3, -0.25) is 4.79 Å². The summed E-state index contributed by atoms with van der Waals surface area (Å²) < 4.78 is 65.3. The van der Waals surface area contributed by atoms with Gasteiger partial charge < -0.3 is 5.32 Å². The lowest BCUT2D eigenvalue weighted by Gasteiger charge is -2.12. The van der Waals surface area contributed by atoms with Crippen molar-refractivity contribution in [1.29, 1.82) is 0 Å². The first-order valence-corrected chi connectivity index (χ1v) is 6.20. The minimum atomic E-state index is -2.30. The molecule has 0 radical (unpaired) electrons. The lowest BCUT2D eigenvalue weighted by atomic mass is 10.1. The molecule has 0 aliphatic heterocycles.